The molecular formula is C11H15F. The molecule has 0 aliphatic heterocycles. The van der Waals surface area contributed by atoms with E-state index in [4.69, 9.17) is 0 Å². The number of halogens is 1. The second-order valence-electron chi connectivity index (χ2n) is 3.30. The molecule has 0 aromatic carbocycles. The van der Waals surface area contributed by atoms with Crippen molar-refractivity contribution < 1.29 is 4.39 Å². The lowest BCUT2D eigenvalue weighted by Gasteiger charge is -2.22. The highest BCUT2D eigenvalue weighted by Crippen LogP contribution is 2.31. The minimum Gasteiger partial charge on any atom is -0.207 e. The first-order chi connectivity index (χ1) is 5.66. The van der Waals surface area contributed by atoms with E-state index in [1.165, 1.54) is 0 Å². The average molecular weight is 166 g/mol. The average Bonchev–Trinajstić information content (AvgIpc) is 2.06. The van der Waals surface area contributed by atoms with Crippen LogP contribution in [0.5, 0.6) is 0 Å². The molecule has 1 aliphatic carbocycles. The van der Waals surface area contributed by atoms with Crippen molar-refractivity contribution in [3.63, 3.8) is 0 Å². The van der Waals surface area contributed by atoms with Crippen LogP contribution in [0.1, 0.15) is 20.8 Å². The molecule has 0 radical (unpaired) electrons. The quantitative estimate of drug-likeness (QED) is 0.522. The fourth-order valence-corrected chi connectivity index (χ4v) is 1.57. The van der Waals surface area contributed by atoms with Gasteiger partial charge in [-0.3, -0.25) is 0 Å². The van der Waals surface area contributed by atoms with Gasteiger partial charge in [0.05, 0.1) is 0 Å². The lowest BCUT2D eigenvalue weighted by molar-refractivity contribution is 0.527. The van der Waals surface area contributed by atoms with Crippen LogP contribution in [0, 0.1) is 11.8 Å². The number of rotatable bonds is 1. The Kier molecular flexibility index (Phi) is 2.85. The highest BCUT2D eigenvalue weighted by molar-refractivity contribution is 5.29. The SMILES string of the molecule is C/C=C\C1C(C)=C(F)C=CC1C. The summed E-state index contributed by atoms with van der Waals surface area (Å²) >= 11 is 0. The van der Waals surface area contributed by atoms with Crippen molar-refractivity contribution in [2.45, 2.75) is 20.8 Å². The largest absolute Gasteiger partial charge is 0.207 e. The van der Waals surface area contributed by atoms with Crippen molar-refractivity contribution in [2.75, 3.05) is 0 Å². The van der Waals surface area contributed by atoms with E-state index in [1.54, 1.807) is 6.08 Å². The Morgan fingerprint density at radius 3 is 2.75 bits per heavy atom. The van der Waals surface area contributed by atoms with E-state index in [-0.39, 0.29) is 11.7 Å². The van der Waals surface area contributed by atoms with Gasteiger partial charge in [-0.25, -0.2) is 4.39 Å². The molecule has 0 saturated heterocycles. The van der Waals surface area contributed by atoms with Crippen LogP contribution in [0.15, 0.2) is 35.7 Å². The van der Waals surface area contributed by atoms with Crippen LogP contribution in [0.2, 0.25) is 0 Å². The maximum absolute atomic E-state index is 13.1. The fourth-order valence-electron chi connectivity index (χ4n) is 1.57. The van der Waals surface area contributed by atoms with Gasteiger partial charge in [0.1, 0.15) is 5.83 Å². The molecule has 2 unspecified atom stereocenters. The van der Waals surface area contributed by atoms with Crippen LogP contribution >= 0.6 is 0 Å². The Hall–Kier alpha value is -0.850. The Morgan fingerprint density at radius 2 is 2.17 bits per heavy atom. The Balaban J connectivity index is 2.92. The van der Waals surface area contributed by atoms with E-state index < -0.39 is 0 Å². The monoisotopic (exact) mass is 166 g/mol. The molecule has 66 valence electrons. The molecule has 0 aromatic heterocycles. The zero-order valence-electron chi connectivity index (χ0n) is 7.84. The minimum atomic E-state index is -0.0730. The van der Waals surface area contributed by atoms with Gasteiger partial charge in [-0.05, 0) is 31.4 Å². The highest BCUT2D eigenvalue weighted by atomic mass is 19.1. The van der Waals surface area contributed by atoms with Gasteiger partial charge in [-0.15, -0.1) is 0 Å². The first kappa shape index (κ1) is 9.24. The van der Waals surface area contributed by atoms with Gasteiger partial charge in [0, 0.05) is 5.92 Å². The third-order valence-electron chi connectivity index (χ3n) is 2.39. The molecular weight excluding hydrogens is 151 g/mol. The molecule has 1 aliphatic rings. The van der Waals surface area contributed by atoms with Crippen molar-refractivity contribution in [1.82, 2.24) is 0 Å². The summed E-state index contributed by atoms with van der Waals surface area (Å²) in [5.41, 5.74) is 0.850. The van der Waals surface area contributed by atoms with Gasteiger partial charge in [0.15, 0.2) is 0 Å². The highest BCUT2D eigenvalue weighted by Gasteiger charge is 2.19. The number of hydrogen-bond acceptors (Lipinski definition) is 0. The third kappa shape index (κ3) is 1.66. The summed E-state index contributed by atoms with van der Waals surface area (Å²) in [7, 11) is 0. The van der Waals surface area contributed by atoms with Gasteiger partial charge < -0.3 is 0 Å². The zero-order valence-corrected chi connectivity index (χ0v) is 7.84. The van der Waals surface area contributed by atoms with Crippen molar-refractivity contribution in [3.05, 3.63) is 35.7 Å². The Morgan fingerprint density at radius 1 is 1.50 bits per heavy atom. The molecule has 2 atom stereocenters. The van der Waals surface area contributed by atoms with Crippen LogP contribution in [0.3, 0.4) is 0 Å². The Labute approximate surface area is 73.5 Å². The summed E-state index contributed by atoms with van der Waals surface area (Å²) in [5.74, 6) is 0.594. The smallest absolute Gasteiger partial charge is 0.122 e. The van der Waals surface area contributed by atoms with Crippen LogP contribution in [0.25, 0.3) is 0 Å². The van der Waals surface area contributed by atoms with Gasteiger partial charge in [-0.1, -0.05) is 25.2 Å². The van der Waals surface area contributed by atoms with Crippen LogP contribution in [0.4, 0.5) is 4.39 Å². The first-order valence-electron chi connectivity index (χ1n) is 4.34. The summed E-state index contributed by atoms with van der Waals surface area (Å²) in [4.78, 5) is 0. The molecule has 0 heterocycles. The first-order valence-corrected chi connectivity index (χ1v) is 4.34. The molecule has 0 bridgehead atoms. The van der Waals surface area contributed by atoms with Crippen molar-refractivity contribution in [2.24, 2.45) is 11.8 Å². The predicted octanol–water partition coefficient (Wildman–Crippen LogP) is 3.63. The van der Waals surface area contributed by atoms with E-state index in [9.17, 15) is 4.39 Å². The van der Waals surface area contributed by atoms with Gasteiger partial charge in [-0.2, -0.15) is 0 Å². The minimum absolute atomic E-state index is 0.0730. The van der Waals surface area contributed by atoms with E-state index >= 15 is 0 Å². The molecule has 0 nitrogen and oxygen atoms in total. The fraction of sp³-hybridized carbons (Fsp3) is 0.455. The van der Waals surface area contributed by atoms with Crippen LogP contribution < -0.4 is 0 Å². The third-order valence-corrected chi connectivity index (χ3v) is 2.39. The van der Waals surface area contributed by atoms with Crippen molar-refractivity contribution >= 4 is 0 Å². The summed E-state index contributed by atoms with van der Waals surface area (Å²) in [6.07, 6.45) is 7.53. The van der Waals surface area contributed by atoms with Crippen molar-refractivity contribution in [3.8, 4) is 0 Å². The van der Waals surface area contributed by atoms with Crippen LogP contribution in [-0.2, 0) is 0 Å². The number of allylic oxidation sites excluding steroid dienone is 6. The molecule has 1 heteroatoms. The van der Waals surface area contributed by atoms with Crippen molar-refractivity contribution in [1.29, 1.82) is 0 Å². The lowest BCUT2D eigenvalue weighted by atomic mass is 9.83. The lowest BCUT2D eigenvalue weighted by Crippen LogP contribution is -2.12. The van der Waals surface area contributed by atoms with E-state index in [0.717, 1.165) is 5.57 Å². The summed E-state index contributed by atoms with van der Waals surface area (Å²) in [5, 5.41) is 0. The number of hydrogen-bond donors (Lipinski definition) is 0. The molecule has 0 N–H and O–H groups in total. The Bertz CT molecular complexity index is 246. The molecule has 12 heavy (non-hydrogen) atoms. The van der Waals surface area contributed by atoms with E-state index in [0.29, 0.717) is 5.92 Å². The van der Waals surface area contributed by atoms with E-state index in [2.05, 4.69) is 13.0 Å². The van der Waals surface area contributed by atoms with Crippen LogP contribution in [-0.4, -0.2) is 0 Å². The molecule has 1 rings (SSSR count). The predicted molar refractivity (Wildman–Crippen MR) is 50.4 cm³/mol. The van der Waals surface area contributed by atoms with Gasteiger partial charge in [0.25, 0.3) is 0 Å². The standard InChI is InChI=1S/C11H15F/c1-4-5-10-8(2)6-7-11(12)9(10)3/h4-8,10H,1-3H3/b5-4-. The molecule has 0 spiro atoms. The second-order valence-corrected chi connectivity index (χ2v) is 3.30. The molecule has 0 saturated carbocycles. The maximum Gasteiger partial charge on any atom is 0.122 e. The topological polar surface area (TPSA) is 0 Å². The normalized spacial score (nSPS) is 30.3. The zero-order chi connectivity index (χ0) is 9.14. The molecule has 0 amide bonds. The van der Waals surface area contributed by atoms with Gasteiger partial charge in [0.2, 0.25) is 0 Å². The molecule has 0 fully saturated rings. The molecule has 0 aromatic rings. The summed E-state index contributed by atoms with van der Waals surface area (Å²) < 4.78 is 13.1. The van der Waals surface area contributed by atoms with E-state index in [1.807, 2.05) is 26.0 Å². The second kappa shape index (κ2) is 3.70. The van der Waals surface area contributed by atoms with Gasteiger partial charge >= 0.3 is 0 Å². The summed E-state index contributed by atoms with van der Waals surface area (Å²) in [6.45, 7) is 5.94. The summed E-state index contributed by atoms with van der Waals surface area (Å²) in [6, 6.07) is 0. The maximum atomic E-state index is 13.1.